The van der Waals surface area contributed by atoms with E-state index in [-0.39, 0.29) is 5.41 Å². The molecule has 1 spiro atoms. The molecule has 0 aliphatic heterocycles. The summed E-state index contributed by atoms with van der Waals surface area (Å²) in [6.45, 7) is 0. The van der Waals surface area contributed by atoms with E-state index in [9.17, 15) is 4.79 Å². The van der Waals surface area contributed by atoms with Gasteiger partial charge in [0, 0.05) is 11.8 Å². The van der Waals surface area contributed by atoms with Gasteiger partial charge in [-0.25, -0.2) is 0 Å². The maximum Gasteiger partial charge on any atom is 0.139 e. The lowest BCUT2D eigenvalue weighted by atomic mass is 9.48. The molecule has 0 aromatic heterocycles. The predicted octanol–water partition coefficient (Wildman–Crippen LogP) is 3.87. The summed E-state index contributed by atoms with van der Waals surface area (Å²) in [5, 5.41) is 0. The number of Topliss-reactive ketones (excluding diaryl/α,β-unsaturated/α-hetero) is 1. The second kappa shape index (κ2) is 3.69. The van der Waals surface area contributed by atoms with Gasteiger partial charge < -0.3 is 0 Å². The van der Waals surface area contributed by atoms with Gasteiger partial charge in [0.1, 0.15) is 5.78 Å². The van der Waals surface area contributed by atoms with Crippen LogP contribution < -0.4 is 0 Å². The van der Waals surface area contributed by atoms with Crippen molar-refractivity contribution >= 4 is 5.78 Å². The van der Waals surface area contributed by atoms with Crippen LogP contribution in [0.15, 0.2) is 24.3 Å². The number of carbonyl (C=O) groups excluding carboxylic acids is 1. The zero-order chi connectivity index (χ0) is 12.2. The number of benzene rings is 1. The zero-order valence-corrected chi connectivity index (χ0v) is 10.8. The number of hydrogen-bond donors (Lipinski definition) is 0. The van der Waals surface area contributed by atoms with E-state index in [1.165, 1.54) is 38.5 Å². The van der Waals surface area contributed by atoms with Gasteiger partial charge in [0.15, 0.2) is 0 Å². The van der Waals surface area contributed by atoms with Crippen molar-refractivity contribution in [3.05, 3.63) is 35.4 Å². The van der Waals surface area contributed by atoms with Gasteiger partial charge in [-0.15, -0.1) is 0 Å². The molecular weight excluding hydrogens is 220 g/mol. The molecule has 0 heterocycles. The first-order valence-corrected chi connectivity index (χ1v) is 7.42. The Labute approximate surface area is 109 Å². The number of hydrogen-bond acceptors (Lipinski definition) is 1. The fraction of sp³-hybridized carbons (Fsp3) is 0.588. The van der Waals surface area contributed by atoms with Crippen LogP contribution in [-0.4, -0.2) is 5.78 Å². The van der Waals surface area contributed by atoms with Gasteiger partial charge in [-0.1, -0.05) is 30.7 Å². The first-order valence-electron chi connectivity index (χ1n) is 7.42. The molecule has 2 saturated carbocycles. The first-order chi connectivity index (χ1) is 8.81. The number of fused-ring (bicyclic) bond motifs is 4. The van der Waals surface area contributed by atoms with Crippen LogP contribution in [0, 0.1) is 11.3 Å². The number of aryl methyl sites for hydroxylation is 1. The van der Waals surface area contributed by atoms with Crippen molar-refractivity contribution in [3.63, 3.8) is 0 Å². The van der Waals surface area contributed by atoms with Crippen molar-refractivity contribution in [1.29, 1.82) is 0 Å². The molecule has 1 nitrogen and oxygen atoms in total. The molecule has 3 aliphatic carbocycles. The summed E-state index contributed by atoms with van der Waals surface area (Å²) in [7, 11) is 0. The van der Waals surface area contributed by atoms with Crippen LogP contribution in [-0.2, 0) is 11.2 Å². The Hall–Kier alpha value is -1.11. The Balaban J connectivity index is 1.77. The Morgan fingerprint density at radius 1 is 1.06 bits per heavy atom. The van der Waals surface area contributed by atoms with Gasteiger partial charge in [-0.3, -0.25) is 4.79 Å². The van der Waals surface area contributed by atoms with Crippen LogP contribution >= 0.6 is 0 Å². The number of ketones is 1. The van der Waals surface area contributed by atoms with Crippen LogP contribution in [0.2, 0.25) is 0 Å². The van der Waals surface area contributed by atoms with Crippen LogP contribution in [0.3, 0.4) is 0 Å². The summed E-state index contributed by atoms with van der Waals surface area (Å²) in [6.07, 6.45) is 8.19. The summed E-state index contributed by atoms with van der Waals surface area (Å²) in [6, 6.07) is 8.93. The topological polar surface area (TPSA) is 17.1 Å². The van der Waals surface area contributed by atoms with E-state index >= 15 is 0 Å². The third-order valence-electron chi connectivity index (χ3n) is 5.87. The van der Waals surface area contributed by atoms with E-state index in [0.717, 1.165) is 6.42 Å². The highest BCUT2D eigenvalue weighted by Gasteiger charge is 2.55. The molecule has 0 N–H and O–H groups in total. The second-order valence-corrected chi connectivity index (χ2v) is 6.42. The van der Waals surface area contributed by atoms with Gasteiger partial charge in [-0.05, 0) is 55.1 Å². The monoisotopic (exact) mass is 240 g/mol. The van der Waals surface area contributed by atoms with E-state index in [4.69, 9.17) is 0 Å². The summed E-state index contributed by atoms with van der Waals surface area (Å²) < 4.78 is 0. The highest BCUT2D eigenvalue weighted by atomic mass is 16.1. The minimum atomic E-state index is 0.108. The smallest absolute Gasteiger partial charge is 0.139 e. The van der Waals surface area contributed by atoms with Crippen LogP contribution in [0.1, 0.15) is 55.6 Å². The van der Waals surface area contributed by atoms with Gasteiger partial charge in [0.05, 0.1) is 0 Å². The highest BCUT2D eigenvalue weighted by Crippen LogP contribution is 2.60. The van der Waals surface area contributed by atoms with Crippen molar-refractivity contribution in [2.75, 3.05) is 0 Å². The van der Waals surface area contributed by atoms with Crippen molar-refractivity contribution in [3.8, 4) is 0 Å². The predicted molar refractivity (Wildman–Crippen MR) is 71.5 cm³/mol. The lowest BCUT2D eigenvalue weighted by Crippen LogP contribution is -2.52. The fourth-order valence-electron chi connectivity index (χ4n) is 4.90. The van der Waals surface area contributed by atoms with E-state index in [1.54, 1.807) is 11.1 Å². The van der Waals surface area contributed by atoms with Gasteiger partial charge >= 0.3 is 0 Å². The van der Waals surface area contributed by atoms with E-state index in [2.05, 4.69) is 24.3 Å². The molecule has 94 valence electrons. The number of carbonyl (C=O) groups is 1. The van der Waals surface area contributed by atoms with E-state index in [1.807, 2.05) is 0 Å². The minimum absolute atomic E-state index is 0.108. The first kappa shape index (κ1) is 10.8. The quantitative estimate of drug-likeness (QED) is 0.673. The highest BCUT2D eigenvalue weighted by molar-refractivity contribution is 5.91. The molecule has 1 heteroatoms. The Morgan fingerprint density at radius 3 is 2.72 bits per heavy atom. The summed E-state index contributed by atoms with van der Waals surface area (Å²) in [5.41, 5.74) is 3.21. The average molecular weight is 240 g/mol. The van der Waals surface area contributed by atoms with Crippen LogP contribution in [0.5, 0.6) is 0 Å². The molecule has 1 aromatic rings. The molecule has 0 amide bonds. The summed E-state index contributed by atoms with van der Waals surface area (Å²) in [5.74, 6) is 1.91. The SMILES string of the molecule is O=C1CC[C@]12CCC[C@@H]1c3ccccc3CC[C@H]12. The Morgan fingerprint density at radius 2 is 1.94 bits per heavy atom. The summed E-state index contributed by atoms with van der Waals surface area (Å²) in [4.78, 5) is 12.2. The van der Waals surface area contributed by atoms with Crippen molar-refractivity contribution < 1.29 is 4.79 Å². The minimum Gasteiger partial charge on any atom is -0.299 e. The molecule has 0 bridgehead atoms. The van der Waals surface area contributed by atoms with Crippen LogP contribution in [0.4, 0.5) is 0 Å². The van der Waals surface area contributed by atoms with Crippen molar-refractivity contribution in [1.82, 2.24) is 0 Å². The van der Waals surface area contributed by atoms with E-state index in [0.29, 0.717) is 17.6 Å². The van der Waals surface area contributed by atoms with Gasteiger partial charge in [-0.2, -0.15) is 0 Å². The standard InChI is InChI=1S/C17H20O/c18-16-9-11-17(16)10-3-6-14-13-5-2-1-4-12(13)7-8-15(14)17/h1-2,4-5,14-15H,3,6-11H2/t14-,15-,17+/m1/s1. The third kappa shape index (κ3) is 1.25. The Kier molecular flexibility index (Phi) is 2.21. The molecular formula is C17H20O. The maximum absolute atomic E-state index is 12.2. The van der Waals surface area contributed by atoms with Crippen LogP contribution in [0.25, 0.3) is 0 Å². The average Bonchev–Trinajstić information content (AvgIpc) is 2.44. The second-order valence-electron chi connectivity index (χ2n) is 6.42. The normalized spacial score (nSPS) is 37.9. The van der Waals surface area contributed by atoms with Crippen molar-refractivity contribution in [2.24, 2.45) is 11.3 Å². The molecule has 3 atom stereocenters. The van der Waals surface area contributed by atoms with Crippen molar-refractivity contribution in [2.45, 2.75) is 50.9 Å². The molecule has 0 saturated heterocycles. The van der Waals surface area contributed by atoms with E-state index < -0.39 is 0 Å². The Bertz CT molecular complexity index is 504. The lowest BCUT2D eigenvalue weighted by Gasteiger charge is -2.54. The molecule has 0 unspecified atom stereocenters. The molecule has 4 rings (SSSR count). The largest absolute Gasteiger partial charge is 0.299 e. The zero-order valence-electron chi connectivity index (χ0n) is 10.8. The maximum atomic E-state index is 12.2. The third-order valence-corrected chi connectivity index (χ3v) is 5.87. The van der Waals surface area contributed by atoms with Gasteiger partial charge in [0.25, 0.3) is 0 Å². The molecule has 0 radical (unpaired) electrons. The van der Waals surface area contributed by atoms with Gasteiger partial charge in [0.2, 0.25) is 0 Å². The summed E-state index contributed by atoms with van der Waals surface area (Å²) >= 11 is 0. The molecule has 18 heavy (non-hydrogen) atoms. The molecule has 3 aliphatic rings. The fourth-order valence-corrected chi connectivity index (χ4v) is 4.90. The number of rotatable bonds is 0. The lowest BCUT2D eigenvalue weighted by molar-refractivity contribution is -0.148. The molecule has 2 fully saturated rings. The molecule has 1 aromatic carbocycles.